The number of imidazole rings is 1. The van der Waals surface area contributed by atoms with Crippen LogP contribution in [0.3, 0.4) is 0 Å². The van der Waals surface area contributed by atoms with Crippen LogP contribution in [0.1, 0.15) is 55.1 Å². The zero-order valence-corrected chi connectivity index (χ0v) is 14.6. The summed E-state index contributed by atoms with van der Waals surface area (Å²) >= 11 is 0. The highest BCUT2D eigenvalue weighted by Gasteiger charge is 2.38. The van der Waals surface area contributed by atoms with Gasteiger partial charge in [-0.3, -0.25) is 9.59 Å². The van der Waals surface area contributed by atoms with E-state index in [9.17, 15) is 9.59 Å². The van der Waals surface area contributed by atoms with Crippen LogP contribution in [-0.2, 0) is 17.9 Å². The van der Waals surface area contributed by atoms with Crippen molar-refractivity contribution in [1.29, 1.82) is 0 Å². The number of likely N-dealkylation sites (N-methyl/N-ethyl adjacent to an activating group) is 1. The molecule has 23 heavy (non-hydrogen) atoms. The molecule has 0 fully saturated rings. The molecule has 3 N–H and O–H groups in total. The van der Waals surface area contributed by atoms with Gasteiger partial charge in [0.05, 0.1) is 5.69 Å². The van der Waals surface area contributed by atoms with Gasteiger partial charge in [0.1, 0.15) is 11.7 Å². The number of primary amides is 1. The predicted octanol–water partition coefficient (Wildman–Crippen LogP) is 0.693. The fraction of sp³-hybridized carbons (Fsp3) is 0.688. The lowest BCUT2D eigenvalue weighted by atomic mass is 9.79. The molecule has 2 heterocycles. The lowest BCUT2D eigenvalue weighted by Gasteiger charge is -2.29. The van der Waals surface area contributed by atoms with Gasteiger partial charge in [-0.2, -0.15) is 0 Å². The van der Waals surface area contributed by atoms with Crippen molar-refractivity contribution >= 4 is 11.8 Å². The molecule has 0 aliphatic carbocycles. The first-order valence-corrected chi connectivity index (χ1v) is 7.96. The van der Waals surface area contributed by atoms with E-state index in [1.165, 1.54) is 0 Å². The molecule has 2 amide bonds. The van der Waals surface area contributed by atoms with E-state index in [-0.39, 0.29) is 17.0 Å². The Morgan fingerprint density at radius 2 is 1.96 bits per heavy atom. The number of amides is 2. The largest absolute Gasteiger partial charge is 0.364 e. The van der Waals surface area contributed by atoms with E-state index >= 15 is 0 Å². The summed E-state index contributed by atoms with van der Waals surface area (Å²) in [4.78, 5) is 31.0. The number of nitrogens with one attached hydrogen (secondary N) is 1. The molecule has 0 aromatic carbocycles. The van der Waals surface area contributed by atoms with E-state index < -0.39 is 11.8 Å². The van der Waals surface area contributed by atoms with Crippen LogP contribution in [0.4, 0.5) is 0 Å². The second-order valence-electron chi connectivity index (χ2n) is 7.29. The molecule has 1 atom stereocenters. The van der Waals surface area contributed by atoms with Gasteiger partial charge in [-0.1, -0.05) is 20.8 Å². The first kappa shape index (κ1) is 17.5. The van der Waals surface area contributed by atoms with Crippen molar-refractivity contribution in [2.24, 2.45) is 11.1 Å². The highest BCUT2D eigenvalue weighted by molar-refractivity contribution is 5.92. The summed E-state index contributed by atoms with van der Waals surface area (Å²) in [7, 11) is 3.63. The van der Waals surface area contributed by atoms with E-state index in [1.54, 1.807) is 7.05 Å². The Morgan fingerprint density at radius 1 is 1.30 bits per heavy atom. The summed E-state index contributed by atoms with van der Waals surface area (Å²) in [6.07, 6.45) is 0.940. The molecule has 0 unspecified atom stereocenters. The maximum absolute atomic E-state index is 12.5. The molecular weight excluding hydrogens is 294 g/mol. The van der Waals surface area contributed by atoms with Gasteiger partial charge in [0.2, 0.25) is 5.91 Å². The standard InChI is InChI=1S/C16H27N5O2/c1-16(2,3)11(15(23)18-4)14-19-12(13(17)22)10-9-20(5)7-6-8-21(10)14/h11H,6-9H2,1-5H3,(H2,17,22)(H,18,23)/t11-/m0/s1. The number of aromatic nitrogens is 2. The Labute approximate surface area is 137 Å². The average molecular weight is 321 g/mol. The summed E-state index contributed by atoms with van der Waals surface area (Å²) in [5.41, 5.74) is 6.30. The van der Waals surface area contributed by atoms with Crippen LogP contribution in [0.25, 0.3) is 0 Å². The second kappa shape index (κ2) is 6.31. The van der Waals surface area contributed by atoms with Gasteiger partial charge in [0.25, 0.3) is 5.91 Å². The van der Waals surface area contributed by atoms with E-state index in [2.05, 4.69) is 15.2 Å². The topological polar surface area (TPSA) is 93.3 Å². The Hall–Kier alpha value is -1.89. The minimum Gasteiger partial charge on any atom is -0.364 e. The zero-order chi connectivity index (χ0) is 17.4. The van der Waals surface area contributed by atoms with Crippen molar-refractivity contribution in [2.75, 3.05) is 20.6 Å². The number of rotatable bonds is 3. The second-order valence-corrected chi connectivity index (χ2v) is 7.29. The molecule has 0 spiro atoms. The number of fused-ring (bicyclic) bond motifs is 1. The van der Waals surface area contributed by atoms with Crippen molar-refractivity contribution in [2.45, 2.75) is 46.2 Å². The van der Waals surface area contributed by atoms with Crippen LogP contribution in [0.5, 0.6) is 0 Å². The molecule has 128 valence electrons. The minimum atomic E-state index is -0.542. The van der Waals surface area contributed by atoms with Gasteiger partial charge >= 0.3 is 0 Å². The minimum absolute atomic E-state index is 0.0982. The SMILES string of the molecule is CNC(=O)[C@H](c1nc(C(N)=O)c2n1CCCN(C)C2)C(C)(C)C. The monoisotopic (exact) mass is 321 g/mol. The molecule has 0 radical (unpaired) electrons. The summed E-state index contributed by atoms with van der Waals surface area (Å²) in [6.45, 7) is 8.28. The van der Waals surface area contributed by atoms with Crippen LogP contribution in [0.2, 0.25) is 0 Å². The quantitative estimate of drug-likeness (QED) is 0.857. The molecule has 1 aromatic heterocycles. The van der Waals surface area contributed by atoms with Crippen LogP contribution in [0.15, 0.2) is 0 Å². The van der Waals surface area contributed by atoms with Crippen LogP contribution in [-0.4, -0.2) is 46.9 Å². The van der Waals surface area contributed by atoms with Crippen LogP contribution in [0, 0.1) is 5.41 Å². The summed E-state index contributed by atoms with van der Waals surface area (Å²) in [5.74, 6) is -0.447. The van der Waals surface area contributed by atoms with Gasteiger partial charge in [0, 0.05) is 20.1 Å². The molecule has 0 saturated heterocycles. The Morgan fingerprint density at radius 3 is 2.48 bits per heavy atom. The molecule has 1 aliphatic rings. The summed E-state index contributed by atoms with van der Waals surface area (Å²) in [6, 6.07) is 0. The molecular formula is C16H27N5O2. The molecule has 1 aromatic rings. The van der Waals surface area contributed by atoms with E-state index in [0.29, 0.717) is 12.4 Å². The van der Waals surface area contributed by atoms with Gasteiger partial charge in [0.15, 0.2) is 5.69 Å². The van der Waals surface area contributed by atoms with Gasteiger partial charge in [-0.25, -0.2) is 4.98 Å². The van der Waals surface area contributed by atoms with Crippen molar-refractivity contribution in [1.82, 2.24) is 19.8 Å². The smallest absolute Gasteiger partial charge is 0.269 e. The number of carbonyl (C=O) groups excluding carboxylic acids is 2. The van der Waals surface area contributed by atoms with Crippen LogP contribution >= 0.6 is 0 Å². The van der Waals surface area contributed by atoms with E-state index in [1.807, 2.05) is 32.4 Å². The third-order valence-electron chi connectivity index (χ3n) is 4.31. The van der Waals surface area contributed by atoms with E-state index in [4.69, 9.17) is 5.73 Å². The molecule has 0 bridgehead atoms. The summed E-state index contributed by atoms with van der Waals surface area (Å²) in [5, 5.41) is 2.72. The molecule has 2 rings (SSSR count). The molecule has 1 aliphatic heterocycles. The van der Waals surface area contributed by atoms with Crippen molar-refractivity contribution in [3.63, 3.8) is 0 Å². The first-order valence-electron chi connectivity index (χ1n) is 7.96. The number of hydrogen-bond donors (Lipinski definition) is 2. The molecule has 7 heteroatoms. The van der Waals surface area contributed by atoms with Crippen molar-refractivity contribution < 1.29 is 9.59 Å². The summed E-state index contributed by atoms with van der Waals surface area (Å²) < 4.78 is 2.02. The normalized spacial score (nSPS) is 17.3. The Balaban J connectivity index is 2.64. The fourth-order valence-corrected chi connectivity index (χ4v) is 3.21. The highest BCUT2D eigenvalue weighted by Crippen LogP contribution is 2.36. The molecule has 0 saturated carbocycles. The lowest BCUT2D eigenvalue weighted by molar-refractivity contribution is -0.124. The van der Waals surface area contributed by atoms with E-state index in [0.717, 1.165) is 25.2 Å². The third kappa shape index (κ3) is 3.39. The fourth-order valence-electron chi connectivity index (χ4n) is 3.21. The molecule has 7 nitrogen and oxygen atoms in total. The van der Waals surface area contributed by atoms with Crippen molar-refractivity contribution in [3.8, 4) is 0 Å². The Bertz CT molecular complexity index is 615. The van der Waals surface area contributed by atoms with Crippen molar-refractivity contribution in [3.05, 3.63) is 17.2 Å². The maximum Gasteiger partial charge on any atom is 0.269 e. The number of hydrogen-bond acceptors (Lipinski definition) is 4. The third-order valence-corrected chi connectivity index (χ3v) is 4.31. The van der Waals surface area contributed by atoms with Crippen LogP contribution < -0.4 is 11.1 Å². The van der Waals surface area contributed by atoms with Gasteiger partial charge in [-0.05, 0) is 25.4 Å². The number of nitrogens with zero attached hydrogens (tertiary/aromatic N) is 3. The number of nitrogens with two attached hydrogens (primary N) is 1. The zero-order valence-electron chi connectivity index (χ0n) is 14.6. The average Bonchev–Trinajstić information content (AvgIpc) is 2.64. The lowest BCUT2D eigenvalue weighted by Crippen LogP contribution is -2.36. The van der Waals surface area contributed by atoms with Gasteiger partial charge < -0.3 is 20.5 Å². The predicted molar refractivity (Wildman–Crippen MR) is 88.0 cm³/mol. The maximum atomic E-state index is 12.5. The first-order chi connectivity index (χ1) is 10.7. The number of carbonyl (C=O) groups is 2. The highest BCUT2D eigenvalue weighted by atomic mass is 16.2. The Kier molecular flexibility index (Phi) is 4.79. The van der Waals surface area contributed by atoms with Gasteiger partial charge in [-0.15, -0.1) is 0 Å².